The van der Waals surface area contributed by atoms with Gasteiger partial charge in [-0.15, -0.1) is 0 Å². The first kappa shape index (κ1) is 17.8. The molecule has 1 rings (SSSR count). The first-order valence-electron chi connectivity index (χ1n) is 6.17. The Morgan fingerprint density at radius 1 is 1.23 bits per heavy atom. The van der Waals surface area contributed by atoms with Crippen molar-refractivity contribution in [3.63, 3.8) is 0 Å². The molecule has 22 heavy (non-hydrogen) atoms. The van der Waals surface area contributed by atoms with Crippen LogP contribution >= 0.6 is 0 Å². The molecular weight excluding hydrogens is 314 g/mol. The molecule has 0 aliphatic carbocycles. The van der Waals surface area contributed by atoms with E-state index in [1.807, 2.05) is 4.72 Å². The molecule has 0 amide bonds. The molecule has 0 radical (unpaired) electrons. The summed E-state index contributed by atoms with van der Waals surface area (Å²) < 4.78 is 30.4. The Morgan fingerprint density at radius 2 is 1.82 bits per heavy atom. The molecule has 8 nitrogen and oxygen atoms in total. The molecule has 0 aliphatic rings. The molecule has 1 atom stereocenters. The third-order valence-electron chi connectivity index (χ3n) is 2.52. The minimum atomic E-state index is -4.07. The van der Waals surface area contributed by atoms with Crippen molar-refractivity contribution >= 4 is 27.7 Å². The summed E-state index contributed by atoms with van der Waals surface area (Å²) >= 11 is 0. The van der Waals surface area contributed by atoms with Crippen LogP contribution in [0.4, 0.5) is 0 Å². The number of hydrogen-bond donors (Lipinski definition) is 2. The van der Waals surface area contributed by atoms with Gasteiger partial charge in [0.25, 0.3) is 0 Å². The predicted octanol–water partition coefficient (Wildman–Crippen LogP) is -0.0596. The summed E-state index contributed by atoms with van der Waals surface area (Å²) in [5, 5.41) is 9.02. The molecule has 120 valence electrons. The second-order valence-electron chi connectivity index (χ2n) is 4.35. The van der Waals surface area contributed by atoms with E-state index in [-0.39, 0.29) is 4.90 Å². The zero-order valence-electron chi connectivity index (χ0n) is 11.7. The number of ketones is 1. The lowest BCUT2D eigenvalue weighted by Crippen LogP contribution is -2.42. The number of benzene rings is 1. The standard InChI is InChI=1S/C13H15NO7S/c1-9(15)21-8-10(16)7-12(13(17)18)14-22(19,20)11-5-3-2-4-6-11/h2-6,12,14H,7-8H2,1H3,(H,17,18). The van der Waals surface area contributed by atoms with Crippen molar-refractivity contribution in [3.8, 4) is 0 Å². The first-order chi connectivity index (χ1) is 10.2. The van der Waals surface area contributed by atoms with Gasteiger partial charge in [0.15, 0.2) is 5.78 Å². The van der Waals surface area contributed by atoms with Gasteiger partial charge in [-0.1, -0.05) is 18.2 Å². The Balaban J connectivity index is 2.78. The monoisotopic (exact) mass is 329 g/mol. The van der Waals surface area contributed by atoms with Gasteiger partial charge in [0.1, 0.15) is 12.6 Å². The lowest BCUT2D eigenvalue weighted by molar-refractivity contribution is -0.146. The number of carbonyl (C=O) groups excluding carboxylic acids is 2. The summed E-state index contributed by atoms with van der Waals surface area (Å²) in [4.78, 5) is 33.1. The van der Waals surface area contributed by atoms with Crippen molar-refractivity contribution < 1.29 is 32.6 Å². The number of carboxylic acid groups (broad SMARTS) is 1. The third-order valence-corrected chi connectivity index (χ3v) is 4.00. The fourth-order valence-corrected chi connectivity index (χ4v) is 2.71. The Labute approximate surface area is 127 Å². The molecule has 0 spiro atoms. The van der Waals surface area contributed by atoms with Gasteiger partial charge in [0.2, 0.25) is 10.0 Å². The second-order valence-corrected chi connectivity index (χ2v) is 6.06. The largest absolute Gasteiger partial charge is 0.480 e. The highest BCUT2D eigenvalue weighted by Crippen LogP contribution is 2.09. The van der Waals surface area contributed by atoms with E-state index in [9.17, 15) is 22.8 Å². The van der Waals surface area contributed by atoms with Crippen LogP contribution in [0.2, 0.25) is 0 Å². The van der Waals surface area contributed by atoms with Crippen LogP contribution in [-0.4, -0.2) is 43.9 Å². The Morgan fingerprint density at radius 3 is 2.32 bits per heavy atom. The molecule has 0 aliphatic heterocycles. The zero-order chi connectivity index (χ0) is 16.8. The molecule has 2 N–H and O–H groups in total. The van der Waals surface area contributed by atoms with Crippen LogP contribution < -0.4 is 4.72 Å². The normalized spacial score (nSPS) is 12.4. The van der Waals surface area contributed by atoms with Gasteiger partial charge < -0.3 is 9.84 Å². The van der Waals surface area contributed by atoms with Crippen LogP contribution in [0.3, 0.4) is 0 Å². The summed E-state index contributed by atoms with van der Waals surface area (Å²) in [5.41, 5.74) is 0. The molecular formula is C13H15NO7S. The number of carbonyl (C=O) groups is 3. The van der Waals surface area contributed by atoms with Gasteiger partial charge in [0, 0.05) is 13.3 Å². The van der Waals surface area contributed by atoms with Gasteiger partial charge in [-0.3, -0.25) is 14.4 Å². The van der Waals surface area contributed by atoms with E-state index in [1.54, 1.807) is 6.07 Å². The van der Waals surface area contributed by atoms with Gasteiger partial charge in [-0.05, 0) is 12.1 Å². The maximum Gasteiger partial charge on any atom is 0.322 e. The summed E-state index contributed by atoms with van der Waals surface area (Å²) in [6, 6.07) is 5.51. The number of carboxylic acids is 1. The molecule has 0 saturated heterocycles. The molecule has 1 aromatic carbocycles. The lowest BCUT2D eigenvalue weighted by atomic mass is 10.1. The average molecular weight is 329 g/mol. The first-order valence-corrected chi connectivity index (χ1v) is 7.66. The minimum Gasteiger partial charge on any atom is -0.480 e. The lowest BCUT2D eigenvalue weighted by Gasteiger charge is -2.14. The summed E-state index contributed by atoms with van der Waals surface area (Å²) in [6.45, 7) is 0.492. The molecule has 1 aromatic rings. The van der Waals surface area contributed by atoms with E-state index in [1.165, 1.54) is 24.3 Å². The van der Waals surface area contributed by atoms with Gasteiger partial charge in [-0.2, -0.15) is 4.72 Å². The molecule has 0 heterocycles. The van der Waals surface area contributed by atoms with Crippen LogP contribution in [0.15, 0.2) is 35.2 Å². The highest BCUT2D eigenvalue weighted by molar-refractivity contribution is 7.89. The third kappa shape index (κ3) is 5.62. The maximum absolute atomic E-state index is 12.0. The van der Waals surface area contributed by atoms with Crippen molar-refractivity contribution in [2.24, 2.45) is 0 Å². The Bertz CT molecular complexity index is 654. The van der Waals surface area contributed by atoms with Gasteiger partial charge in [0.05, 0.1) is 4.90 Å². The van der Waals surface area contributed by atoms with Crippen LogP contribution in [0.5, 0.6) is 0 Å². The number of nitrogens with one attached hydrogen (secondary N) is 1. The van der Waals surface area contributed by atoms with Crippen LogP contribution in [0.25, 0.3) is 0 Å². The highest BCUT2D eigenvalue weighted by atomic mass is 32.2. The van der Waals surface area contributed by atoms with Crippen molar-refractivity contribution in [2.45, 2.75) is 24.3 Å². The summed E-state index contributed by atoms with van der Waals surface area (Å²) in [5.74, 6) is -2.90. The van der Waals surface area contributed by atoms with E-state index in [0.29, 0.717) is 0 Å². The molecule has 0 aromatic heterocycles. The minimum absolute atomic E-state index is 0.117. The molecule has 9 heteroatoms. The predicted molar refractivity (Wildman–Crippen MR) is 74.4 cm³/mol. The van der Waals surface area contributed by atoms with Crippen LogP contribution in [0.1, 0.15) is 13.3 Å². The molecule has 1 unspecified atom stereocenters. The number of rotatable bonds is 8. The van der Waals surface area contributed by atoms with Crippen LogP contribution in [-0.2, 0) is 29.1 Å². The van der Waals surface area contributed by atoms with E-state index < -0.39 is 46.8 Å². The fourth-order valence-electron chi connectivity index (χ4n) is 1.50. The number of Topliss-reactive ketones (excluding diaryl/α,β-unsaturated/α-hetero) is 1. The van der Waals surface area contributed by atoms with Crippen molar-refractivity contribution in [3.05, 3.63) is 30.3 Å². The smallest absolute Gasteiger partial charge is 0.322 e. The number of ether oxygens (including phenoxy) is 1. The van der Waals surface area contributed by atoms with Crippen molar-refractivity contribution in [1.82, 2.24) is 4.72 Å². The SMILES string of the molecule is CC(=O)OCC(=O)CC(NS(=O)(=O)c1ccccc1)C(=O)O. The average Bonchev–Trinajstić information content (AvgIpc) is 2.45. The van der Waals surface area contributed by atoms with E-state index in [2.05, 4.69) is 4.74 Å². The number of hydrogen-bond acceptors (Lipinski definition) is 6. The quantitative estimate of drug-likeness (QED) is 0.640. The molecule has 0 saturated carbocycles. The van der Waals surface area contributed by atoms with Crippen molar-refractivity contribution in [1.29, 1.82) is 0 Å². The summed E-state index contributed by atoms with van der Waals surface area (Å²) in [7, 11) is -4.07. The second kappa shape index (κ2) is 7.66. The number of esters is 1. The van der Waals surface area contributed by atoms with Gasteiger partial charge >= 0.3 is 11.9 Å². The van der Waals surface area contributed by atoms with E-state index in [4.69, 9.17) is 5.11 Å². The zero-order valence-corrected chi connectivity index (χ0v) is 12.5. The Hall–Kier alpha value is -2.26. The topological polar surface area (TPSA) is 127 Å². The Kier molecular flexibility index (Phi) is 6.20. The van der Waals surface area contributed by atoms with Gasteiger partial charge in [-0.25, -0.2) is 8.42 Å². The maximum atomic E-state index is 12.0. The summed E-state index contributed by atoms with van der Waals surface area (Å²) in [6.07, 6.45) is -0.630. The highest BCUT2D eigenvalue weighted by Gasteiger charge is 2.27. The van der Waals surface area contributed by atoms with Crippen LogP contribution in [0, 0.1) is 0 Å². The fraction of sp³-hybridized carbons (Fsp3) is 0.308. The molecule has 0 bridgehead atoms. The van der Waals surface area contributed by atoms with E-state index in [0.717, 1.165) is 6.92 Å². The number of aliphatic carboxylic acids is 1. The van der Waals surface area contributed by atoms with E-state index >= 15 is 0 Å². The number of sulfonamides is 1. The molecule has 0 fully saturated rings. The van der Waals surface area contributed by atoms with Crippen molar-refractivity contribution in [2.75, 3.05) is 6.61 Å².